The highest BCUT2D eigenvalue weighted by Gasteiger charge is 2.26. The van der Waals surface area contributed by atoms with E-state index < -0.39 is 0 Å². The molecule has 2 rings (SSSR count). The summed E-state index contributed by atoms with van der Waals surface area (Å²) in [6, 6.07) is 0. The molecule has 2 unspecified atom stereocenters. The van der Waals surface area contributed by atoms with E-state index in [1.807, 2.05) is 13.8 Å². The number of nitrogens with zero attached hydrogens (tertiary/aromatic N) is 2. The van der Waals surface area contributed by atoms with Gasteiger partial charge < -0.3 is 4.74 Å². The molecule has 2 atom stereocenters. The molecule has 0 N–H and O–H groups in total. The van der Waals surface area contributed by atoms with Gasteiger partial charge in [-0.3, -0.25) is 0 Å². The zero-order valence-electron chi connectivity index (χ0n) is 9.66. The molecule has 3 nitrogen and oxygen atoms in total. The minimum absolute atomic E-state index is 0.294. The average molecular weight is 259 g/mol. The first-order chi connectivity index (χ1) is 7.59. The van der Waals surface area contributed by atoms with Crippen LogP contribution < -0.4 is 0 Å². The molecule has 1 aromatic rings. The molecule has 16 heavy (non-hydrogen) atoms. The van der Waals surface area contributed by atoms with Crippen molar-refractivity contribution in [2.75, 3.05) is 6.61 Å². The Labute approximate surface area is 105 Å². The fourth-order valence-electron chi connectivity index (χ4n) is 1.68. The quantitative estimate of drug-likeness (QED) is 0.817. The molecule has 2 heterocycles. The van der Waals surface area contributed by atoms with Gasteiger partial charge in [0.1, 0.15) is 5.03 Å². The average Bonchev–Trinajstić information content (AvgIpc) is 2.65. The van der Waals surface area contributed by atoms with E-state index in [0.29, 0.717) is 16.5 Å². The highest BCUT2D eigenvalue weighted by Crippen LogP contribution is 2.34. The summed E-state index contributed by atoms with van der Waals surface area (Å²) in [5, 5.41) is 10.1. The fraction of sp³-hybridized carbons (Fsp3) is 0.636. The lowest BCUT2D eigenvalue weighted by Crippen LogP contribution is -2.14. The molecule has 0 bridgehead atoms. The standard InChI is InChI=1S/C11H15ClN2OS/c1-6-7(2)11(14-13-10(6)12)16-9-4-5-15-8(9)3/h8-9H,4-5H2,1-3H3. The monoisotopic (exact) mass is 258 g/mol. The Morgan fingerprint density at radius 2 is 2.06 bits per heavy atom. The maximum Gasteiger partial charge on any atom is 0.154 e. The maximum absolute atomic E-state index is 5.92. The van der Waals surface area contributed by atoms with E-state index >= 15 is 0 Å². The highest BCUT2D eigenvalue weighted by molar-refractivity contribution is 8.00. The Bertz CT molecular complexity index is 400. The van der Waals surface area contributed by atoms with Gasteiger partial charge in [-0.05, 0) is 38.3 Å². The van der Waals surface area contributed by atoms with Gasteiger partial charge in [-0.2, -0.15) is 0 Å². The molecule has 0 aromatic carbocycles. The number of ether oxygens (including phenoxy) is 1. The zero-order valence-corrected chi connectivity index (χ0v) is 11.2. The van der Waals surface area contributed by atoms with Crippen molar-refractivity contribution in [2.24, 2.45) is 0 Å². The number of halogens is 1. The molecule has 0 saturated carbocycles. The smallest absolute Gasteiger partial charge is 0.154 e. The predicted molar refractivity (Wildman–Crippen MR) is 66.2 cm³/mol. The van der Waals surface area contributed by atoms with E-state index in [9.17, 15) is 0 Å². The van der Waals surface area contributed by atoms with Gasteiger partial charge in [0.15, 0.2) is 5.15 Å². The summed E-state index contributed by atoms with van der Waals surface area (Å²) in [5.41, 5.74) is 2.15. The number of hydrogen-bond donors (Lipinski definition) is 0. The third-order valence-corrected chi connectivity index (χ3v) is 4.88. The van der Waals surface area contributed by atoms with Crippen molar-refractivity contribution < 1.29 is 4.74 Å². The van der Waals surface area contributed by atoms with Crippen LogP contribution in [0.25, 0.3) is 0 Å². The molecular formula is C11H15ClN2OS. The Balaban J connectivity index is 2.18. The van der Waals surface area contributed by atoms with Gasteiger partial charge >= 0.3 is 0 Å². The van der Waals surface area contributed by atoms with Gasteiger partial charge in [-0.1, -0.05) is 23.4 Å². The zero-order chi connectivity index (χ0) is 11.7. The summed E-state index contributed by atoms with van der Waals surface area (Å²) in [6.45, 7) is 6.97. The van der Waals surface area contributed by atoms with E-state index in [4.69, 9.17) is 16.3 Å². The molecule has 0 amide bonds. The van der Waals surface area contributed by atoms with E-state index in [0.717, 1.165) is 29.2 Å². The van der Waals surface area contributed by atoms with Crippen molar-refractivity contribution in [3.05, 3.63) is 16.3 Å². The van der Waals surface area contributed by atoms with E-state index in [1.54, 1.807) is 11.8 Å². The highest BCUT2D eigenvalue weighted by atomic mass is 35.5. The summed E-state index contributed by atoms with van der Waals surface area (Å²) >= 11 is 7.68. The Kier molecular flexibility index (Phi) is 3.72. The van der Waals surface area contributed by atoms with Gasteiger partial charge in [0.2, 0.25) is 0 Å². The van der Waals surface area contributed by atoms with Crippen molar-refractivity contribution in [1.82, 2.24) is 10.2 Å². The molecule has 1 saturated heterocycles. The Morgan fingerprint density at radius 3 is 2.69 bits per heavy atom. The van der Waals surface area contributed by atoms with Crippen molar-refractivity contribution in [1.29, 1.82) is 0 Å². The first kappa shape index (κ1) is 12.1. The minimum Gasteiger partial charge on any atom is -0.377 e. The Hall–Kier alpha value is -0.320. The van der Waals surface area contributed by atoms with Crippen LogP contribution in [0.5, 0.6) is 0 Å². The van der Waals surface area contributed by atoms with Crippen molar-refractivity contribution in [3.8, 4) is 0 Å². The summed E-state index contributed by atoms with van der Waals surface area (Å²) in [7, 11) is 0. The van der Waals surface area contributed by atoms with Crippen LogP contribution in [0.3, 0.4) is 0 Å². The molecule has 0 spiro atoms. The van der Waals surface area contributed by atoms with Crippen LogP contribution in [-0.4, -0.2) is 28.2 Å². The lowest BCUT2D eigenvalue weighted by molar-refractivity contribution is 0.127. The summed E-state index contributed by atoms with van der Waals surface area (Å²) in [5.74, 6) is 0. The third-order valence-electron chi connectivity index (χ3n) is 2.99. The molecule has 1 fully saturated rings. The van der Waals surface area contributed by atoms with Gasteiger partial charge in [0, 0.05) is 11.9 Å². The van der Waals surface area contributed by atoms with E-state index in [-0.39, 0.29) is 0 Å². The van der Waals surface area contributed by atoms with Gasteiger partial charge in [-0.25, -0.2) is 0 Å². The number of thioether (sulfide) groups is 1. The normalized spacial score (nSPS) is 25.0. The second-order valence-electron chi connectivity index (χ2n) is 4.07. The molecule has 0 radical (unpaired) electrons. The summed E-state index contributed by atoms with van der Waals surface area (Å²) in [6.07, 6.45) is 1.37. The lowest BCUT2D eigenvalue weighted by Gasteiger charge is -2.14. The maximum atomic E-state index is 5.92. The van der Waals surface area contributed by atoms with Crippen LogP contribution >= 0.6 is 23.4 Å². The van der Waals surface area contributed by atoms with Crippen LogP contribution in [0.4, 0.5) is 0 Å². The predicted octanol–water partition coefficient (Wildman–Crippen LogP) is 3.02. The SMILES string of the molecule is Cc1c(Cl)nnc(SC2CCOC2C)c1C. The fourth-order valence-corrected chi connectivity index (χ4v) is 3.05. The van der Waals surface area contributed by atoms with Crippen LogP contribution in [0.1, 0.15) is 24.5 Å². The third kappa shape index (κ3) is 2.34. The van der Waals surface area contributed by atoms with Crippen molar-refractivity contribution in [3.63, 3.8) is 0 Å². The van der Waals surface area contributed by atoms with Gasteiger partial charge in [-0.15, -0.1) is 10.2 Å². The summed E-state index contributed by atoms with van der Waals surface area (Å²) < 4.78 is 5.54. The molecule has 88 valence electrons. The molecule has 0 aliphatic carbocycles. The first-order valence-corrected chi connectivity index (χ1v) is 6.63. The molecule has 1 aromatic heterocycles. The second kappa shape index (κ2) is 4.90. The second-order valence-corrected chi connectivity index (χ2v) is 5.65. The van der Waals surface area contributed by atoms with Crippen LogP contribution in [0, 0.1) is 13.8 Å². The topological polar surface area (TPSA) is 35.0 Å². The Morgan fingerprint density at radius 1 is 1.31 bits per heavy atom. The molecular weight excluding hydrogens is 244 g/mol. The largest absolute Gasteiger partial charge is 0.377 e. The van der Waals surface area contributed by atoms with Gasteiger partial charge in [0.05, 0.1) is 6.10 Å². The number of rotatable bonds is 2. The molecule has 1 aliphatic rings. The van der Waals surface area contributed by atoms with Crippen LogP contribution in [0.15, 0.2) is 5.03 Å². The van der Waals surface area contributed by atoms with E-state index in [2.05, 4.69) is 17.1 Å². The van der Waals surface area contributed by atoms with E-state index in [1.165, 1.54) is 0 Å². The first-order valence-electron chi connectivity index (χ1n) is 5.37. The number of hydrogen-bond acceptors (Lipinski definition) is 4. The van der Waals surface area contributed by atoms with Crippen LogP contribution in [0.2, 0.25) is 5.15 Å². The minimum atomic E-state index is 0.294. The molecule has 5 heteroatoms. The number of aromatic nitrogens is 2. The van der Waals surface area contributed by atoms with Gasteiger partial charge in [0.25, 0.3) is 0 Å². The summed E-state index contributed by atoms with van der Waals surface area (Å²) in [4.78, 5) is 0. The molecule has 1 aliphatic heterocycles. The van der Waals surface area contributed by atoms with Crippen LogP contribution in [-0.2, 0) is 4.74 Å². The lowest BCUT2D eigenvalue weighted by atomic mass is 10.2. The van der Waals surface area contributed by atoms with Crippen molar-refractivity contribution in [2.45, 2.75) is 43.6 Å². The van der Waals surface area contributed by atoms with Crippen molar-refractivity contribution >= 4 is 23.4 Å².